The van der Waals surface area contributed by atoms with Crippen molar-refractivity contribution in [3.8, 4) is 0 Å². The molecule has 4 unspecified atom stereocenters. The second-order valence-electron chi connectivity index (χ2n) is 6.64. The van der Waals surface area contributed by atoms with Crippen molar-refractivity contribution >= 4 is 0 Å². The van der Waals surface area contributed by atoms with E-state index in [1.807, 2.05) is 0 Å². The molecule has 16 heavy (non-hydrogen) atoms. The summed E-state index contributed by atoms with van der Waals surface area (Å²) in [6.45, 7) is 14.6. The second-order valence-corrected chi connectivity index (χ2v) is 6.64. The van der Waals surface area contributed by atoms with Crippen LogP contribution >= 0.6 is 0 Å². The summed E-state index contributed by atoms with van der Waals surface area (Å²) in [5, 5.41) is 0. The Bertz CT molecular complexity index is 188. The van der Waals surface area contributed by atoms with Crippen LogP contribution in [0.4, 0.5) is 0 Å². The van der Waals surface area contributed by atoms with Crippen molar-refractivity contribution in [3.05, 3.63) is 0 Å². The highest BCUT2D eigenvalue weighted by atomic mass is 14.4. The first kappa shape index (κ1) is 14.1. The van der Waals surface area contributed by atoms with Crippen LogP contribution in [0.3, 0.4) is 0 Å². The third kappa shape index (κ3) is 3.50. The van der Waals surface area contributed by atoms with Crippen LogP contribution in [0, 0.1) is 35.5 Å². The van der Waals surface area contributed by atoms with Gasteiger partial charge in [0.1, 0.15) is 0 Å². The van der Waals surface area contributed by atoms with Crippen molar-refractivity contribution in [2.24, 2.45) is 35.5 Å². The maximum Gasteiger partial charge on any atom is -0.0334 e. The zero-order chi connectivity index (χ0) is 12.3. The molecule has 1 rings (SSSR count). The molecule has 0 bridgehead atoms. The topological polar surface area (TPSA) is 0 Å². The molecular weight excluding hydrogens is 192 g/mol. The van der Waals surface area contributed by atoms with Gasteiger partial charge in [-0.25, -0.2) is 0 Å². The highest BCUT2D eigenvalue weighted by Gasteiger charge is 2.38. The summed E-state index contributed by atoms with van der Waals surface area (Å²) in [7, 11) is 0. The molecule has 1 fully saturated rings. The first-order valence-electron chi connectivity index (χ1n) is 7.49. The molecule has 0 heterocycles. The zero-order valence-electron chi connectivity index (χ0n) is 12.3. The molecule has 0 amide bonds. The van der Waals surface area contributed by atoms with Gasteiger partial charge in [-0.15, -0.1) is 0 Å². The molecule has 0 heteroatoms. The maximum absolute atomic E-state index is 2.51. The highest BCUT2D eigenvalue weighted by molar-refractivity contribution is 4.88. The van der Waals surface area contributed by atoms with Gasteiger partial charge in [0, 0.05) is 0 Å². The first-order chi connectivity index (χ1) is 7.49. The fraction of sp³-hybridized carbons (Fsp3) is 1.00. The molecule has 0 nitrogen and oxygen atoms in total. The van der Waals surface area contributed by atoms with E-state index in [0.29, 0.717) is 0 Å². The lowest BCUT2D eigenvalue weighted by Gasteiger charge is -2.35. The summed E-state index contributed by atoms with van der Waals surface area (Å²) in [4.78, 5) is 0. The van der Waals surface area contributed by atoms with E-state index in [1.165, 1.54) is 25.7 Å². The minimum atomic E-state index is 0.874. The van der Waals surface area contributed by atoms with E-state index in [-0.39, 0.29) is 0 Å². The summed E-state index contributed by atoms with van der Waals surface area (Å²) in [5.74, 6) is 5.63. The second kappa shape index (κ2) is 6.07. The molecule has 4 atom stereocenters. The van der Waals surface area contributed by atoms with E-state index in [4.69, 9.17) is 0 Å². The van der Waals surface area contributed by atoms with E-state index < -0.39 is 0 Å². The van der Waals surface area contributed by atoms with Crippen LogP contribution in [0.15, 0.2) is 0 Å². The van der Waals surface area contributed by atoms with Crippen molar-refractivity contribution in [3.63, 3.8) is 0 Å². The normalized spacial score (nSPS) is 24.2. The predicted molar refractivity (Wildman–Crippen MR) is 73.5 cm³/mol. The first-order valence-corrected chi connectivity index (χ1v) is 7.49. The Balaban J connectivity index is 2.55. The third-order valence-electron chi connectivity index (χ3n) is 5.01. The standard InChI is InChI=1S/C16H32/c1-7-8-12(4)13(5)14(6)16(11(2)3)15-9-10-15/h11-16H,7-10H2,1-6H3. The smallest absolute Gasteiger partial charge is 0.0334 e. The number of hydrogen-bond donors (Lipinski definition) is 0. The average molecular weight is 224 g/mol. The molecule has 0 aromatic heterocycles. The van der Waals surface area contributed by atoms with Gasteiger partial charge in [-0.1, -0.05) is 54.4 Å². The molecular formula is C16H32. The molecule has 0 aromatic carbocycles. The SMILES string of the molecule is CCCC(C)C(C)C(C)C(C(C)C)C1CC1. The maximum atomic E-state index is 2.51. The van der Waals surface area contributed by atoms with Crippen molar-refractivity contribution < 1.29 is 0 Å². The lowest BCUT2D eigenvalue weighted by Crippen LogP contribution is -2.28. The van der Waals surface area contributed by atoms with Crippen LogP contribution in [0.1, 0.15) is 67.2 Å². The molecule has 0 saturated heterocycles. The summed E-state index contributed by atoms with van der Waals surface area (Å²) < 4.78 is 0. The van der Waals surface area contributed by atoms with Crippen LogP contribution in [0.25, 0.3) is 0 Å². The Labute approximate surface area is 103 Å². The largest absolute Gasteiger partial charge is 0.0654 e. The number of rotatable bonds is 7. The van der Waals surface area contributed by atoms with Gasteiger partial charge in [-0.05, 0) is 48.3 Å². The van der Waals surface area contributed by atoms with Gasteiger partial charge in [-0.2, -0.15) is 0 Å². The fourth-order valence-electron chi connectivity index (χ4n) is 3.65. The quantitative estimate of drug-likeness (QED) is 0.545. The van der Waals surface area contributed by atoms with Gasteiger partial charge in [-0.3, -0.25) is 0 Å². The van der Waals surface area contributed by atoms with Crippen LogP contribution in [-0.4, -0.2) is 0 Å². The van der Waals surface area contributed by atoms with Crippen LogP contribution < -0.4 is 0 Å². The Morgan fingerprint density at radius 3 is 1.88 bits per heavy atom. The van der Waals surface area contributed by atoms with E-state index >= 15 is 0 Å². The van der Waals surface area contributed by atoms with Gasteiger partial charge in [0.25, 0.3) is 0 Å². The summed E-state index contributed by atoms with van der Waals surface area (Å²) >= 11 is 0. The minimum absolute atomic E-state index is 0.874. The van der Waals surface area contributed by atoms with Crippen molar-refractivity contribution in [1.82, 2.24) is 0 Å². The Morgan fingerprint density at radius 2 is 1.50 bits per heavy atom. The van der Waals surface area contributed by atoms with E-state index in [0.717, 1.165) is 35.5 Å². The molecule has 1 aliphatic rings. The lowest BCUT2D eigenvalue weighted by atomic mass is 9.70. The van der Waals surface area contributed by atoms with Gasteiger partial charge >= 0.3 is 0 Å². The van der Waals surface area contributed by atoms with Crippen molar-refractivity contribution in [2.75, 3.05) is 0 Å². The van der Waals surface area contributed by atoms with Gasteiger partial charge in [0.15, 0.2) is 0 Å². The van der Waals surface area contributed by atoms with Crippen molar-refractivity contribution in [2.45, 2.75) is 67.2 Å². The summed E-state index contributed by atoms with van der Waals surface area (Å²) in [5.41, 5.74) is 0. The molecule has 96 valence electrons. The summed E-state index contributed by atoms with van der Waals surface area (Å²) in [6, 6.07) is 0. The number of hydrogen-bond acceptors (Lipinski definition) is 0. The lowest BCUT2D eigenvalue weighted by molar-refractivity contribution is 0.139. The molecule has 0 radical (unpaired) electrons. The van der Waals surface area contributed by atoms with Crippen molar-refractivity contribution in [1.29, 1.82) is 0 Å². The van der Waals surface area contributed by atoms with Gasteiger partial charge in [0.05, 0.1) is 0 Å². The van der Waals surface area contributed by atoms with E-state index in [1.54, 1.807) is 0 Å². The van der Waals surface area contributed by atoms with Crippen LogP contribution in [0.2, 0.25) is 0 Å². The van der Waals surface area contributed by atoms with E-state index in [2.05, 4.69) is 41.5 Å². The molecule has 1 aliphatic carbocycles. The van der Waals surface area contributed by atoms with Gasteiger partial charge in [0.2, 0.25) is 0 Å². The molecule has 0 aliphatic heterocycles. The van der Waals surface area contributed by atoms with Crippen LogP contribution in [0.5, 0.6) is 0 Å². The predicted octanol–water partition coefficient (Wildman–Crippen LogP) is 5.38. The van der Waals surface area contributed by atoms with E-state index in [9.17, 15) is 0 Å². The van der Waals surface area contributed by atoms with Gasteiger partial charge < -0.3 is 0 Å². The average Bonchev–Trinajstić information content (AvgIpc) is 3.00. The molecule has 0 spiro atoms. The Kier molecular flexibility index (Phi) is 5.34. The summed E-state index contributed by atoms with van der Waals surface area (Å²) in [6.07, 6.45) is 5.75. The van der Waals surface area contributed by atoms with Crippen LogP contribution in [-0.2, 0) is 0 Å². The fourth-order valence-corrected chi connectivity index (χ4v) is 3.65. The molecule has 0 N–H and O–H groups in total. The molecule has 1 saturated carbocycles. The zero-order valence-corrected chi connectivity index (χ0v) is 12.3. The third-order valence-corrected chi connectivity index (χ3v) is 5.01. The monoisotopic (exact) mass is 224 g/mol. The highest BCUT2D eigenvalue weighted by Crippen LogP contribution is 2.47. The Morgan fingerprint density at radius 1 is 0.938 bits per heavy atom. The Hall–Kier alpha value is 0. The minimum Gasteiger partial charge on any atom is -0.0654 e. The molecule has 0 aromatic rings.